The summed E-state index contributed by atoms with van der Waals surface area (Å²) < 4.78 is 5.26. The minimum Gasteiger partial charge on any atom is -0.480 e. The molecule has 0 spiro atoms. The first-order valence-electron chi connectivity index (χ1n) is 5.44. The smallest absolute Gasteiger partial charge is 0.235 e. The maximum absolute atomic E-state index is 5.26. The van der Waals surface area contributed by atoms with Crippen LogP contribution < -0.4 is 4.74 Å². The van der Waals surface area contributed by atoms with E-state index in [2.05, 4.69) is 37.7 Å². The molecule has 1 aromatic heterocycles. The zero-order chi connectivity index (χ0) is 11.4. The average molecular weight is 208 g/mol. The van der Waals surface area contributed by atoms with Gasteiger partial charge in [-0.05, 0) is 18.3 Å². The number of aromatic nitrogens is 2. The van der Waals surface area contributed by atoms with Crippen molar-refractivity contribution >= 4 is 0 Å². The van der Waals surface area contributed by atoms with Crippen molar-refractivity contribution in [1.82, 2.24) is 9.97 Å². The lowest BCUT2D eigenvalue weighted by molar-refractivity contribution is 0.383. The lowest BCUT2D eigenvalue weighted by Crippen LogP contribution is -2.05. The molecule has 0 aliphatic carbocycles. The van der Waals surface area contributed by atoms with Gasteiger partial charge in [-0.15, -0.1) is 0 Å². The summed E-state index contributed by atoms with van der Waals surface area (Å²) in [6.45, 7) is 8.53. The molecule has 0 aliphatic rings. The van der Waals surface area contributed by atoms with Crippen molar-refractivity contribution < 1.29 is 4.74 Å². The predicted molar refractivity (Wildman–Crippen MR) is 61.2 cm³/mol. The van der Waals surface area contributed by atoms with E-state index in [0.29, 0.717) is 17.7 Å². The molecule has 0 saturated heterocycles. The molecule has 0 bridgehead atoms. The third-order valence-electron chi connectivity index (χ3n) is 2.22. The molecule has 1 aromatic rings. The van der Waals surface area contributed by atoms with Crippen LogP contribution in [0.4, 0.5) is 0 Å². The number of rotatable bonds is 4. The van der Waals surface area contributed by atoms with Crippen LogP contribution in [0.25, 0.3) is 0 Å². The molecule has 3 heteroatoms. The van der Waals surface area contributed by atoms with Crippen molar-refractivity contribution in [3.8, 4) is 5.88 Å². The van der Waals surface area contributed by atoms with Crippen molar-refractivity contribution in [2.75, 3.05) is 7.11 Å². The summed E-state index contributed by atoms with van der Waals surface area (Å²) in [4.78, 5) is 8.88. The molecule has 15 heavy (non-hydrogen) atoms. The van der Waals surface area contributed by atoms with Gasteiger partial charge >= 0.3 is 0 Å². The van der Waals surface area contributed by atoms with Gasteiger partial charge in [0.1, 0.15) is 5.69 Å². The Morgan fingerprint density at radius 1 is 1.27 bits per heavy atom. The van der Waals surface area contributed by atoms with Gasteiger partial charge in [-0.1, -0.05) is 27.7 Å². The van der Waals surface area contributed by atoms with Gasteiger partial charge in [0, 0.05) is 6.20 Å². The van der Waals surface area contributed by atoms with Gasteiger partial charge in [0.25, 0.3) is 0 Å². The fourth-order valence-corrected chi connectivity index (χ4v) is 1.38. The van der Waals surface area contributed by atoms with Gasteiger partial charge in [-0.25, -0.2) is 4.98 Å². The van der Waals surface area contributed by atoms with Crippen LogP contribution in [0.2, 0.25) is 0 Å². The third kappa shape index (κ3) is 3.18. The van der Waals surface area contributed by atoms with Crippen LogP contribution in [0.5, 0.6) is 5.88 Å². The fourth-order valence-electron chi connectivity index (χ4n) is 1.38. The maximum atomic E-state index is 5.26. The molecule has 1 heterocycles. The summed E-state index contributed by atoms with van der Waals surface area (Å²) in [7, 11) is 1.65. The van der Waals surface area contributed by atoms with Crippen molar-refractivity contribution in [3.63, 3.8) is 0 Å². The second-order valence-corrected chi connectivity index (χ2v) is 4.50. The number of nitrogens with zero attached hydrogens (tertiary/aromatic N) is 2. The van der Waals surface area contributed by atoms with E-state index in [0.717, 1.165) is 17.8 Å². The Morgan fingerprint density at radius 3 is 2.40 bits per heavy atom. The van der Waals surface area contributed by atoms with Crippen LogP contribution in [0.3, 0.4) is 0 Å². The topological polar surface area (TPSA) is 35.0 Å². The Morgan fingerprint density at radius 2 is 1.93 bits per heavy atom. The lowest BCUT2D eigenvalue weighted by Gasteiger charge is -2.11. The Hall–Kier alpha value is -1.12. The number of hydrogen-bond donors (Lipinski definition) is 0. The predicted octanol–water partition coefficient (Wildman–Crippen LogP) is 2.81. The van der Waals surface area contributed by atoms with Crippen molar-refractivity contribution in [3.05, 3.63) is 17.6 Å². The highest BCUT2D eigenvalue weighted by Gasteiger charge is 2.11. The van der Waals surface area contributed by atoms with Crippen LogP contribution >= 0.6 is 0 Å². The van der Waals surface area contributed by atoms with E-state index in [-0.39, 0.29) is 0 Å². The molecule has 0 unspecified atom stereocenters. The summed E-state index contributed by atoms with van der Waals surface area (Å²) in [6.07, 6.45) is 2.76. The molecule has 0 N–H and O–H groups in total. The molecular weight excluding hydrogens is 188 g/mol. The number of methoxy groups -OCH3 is 1. The third-order valence-corrected chi connectivity index (χ3v) is 2.22. The zero-order valence-electron chi connectivity index (χ0n) is 10.2. The van der Waals surface area contributed by atoms with Crippen LogP contribution in [0.15, 0.2) is 6.20 Å². The van der Waals surface area contributed by atoms with Crippen molar-refractivity contribution in [2.24, 2.45) is 5.92 Å². The Labute approximate surface area is 91.9 Å². The molecule has 84 valence electrons. The van der Waals surface area contributed by atoms with Crippen LogP contribution in [-0.4, -0.2) is 17.1 Å². The van der Waals surface area contributed by atoms with Gasteiger partial charge in [0.15, 0.2) is 0 Å². The first-order chi connectivity index (χ1) is 7.04. The molecule has 0 atom stereocenters. The highest BCUT2D eigenvalue weighted by molar-refractivity contribution is 5.21. The summed E-state index contributed by atoms with van der Waals surface area (Å²) in [5.41, 5.74) is 1.94. The molecule has 0 radical (unpaired) electrons. The number of hydrogen-bond acceptors (Lipinski definition) is 3. The van der Waals surface area contributed by atoms with Crippen molar-refractivity contribution in [2.45, 2.75) is 40.0 Å². The van der Waals surface area contributed by atoms with Gasteiger partial charge < -0.3 is 4.74 Å². The normalized spacial score (nSPS) is 11.1. The maximum Gasteiger partial charge on any atom is 0.235 e. The van der Waals surface area contributed by atoms with Crippen molar-refractivity contribution in [1.29, 1.82) is 0 Å². The van der Waals surface area contributed by atoms with E-state index in [1.165, 1.54) is 0 Å². The molecule has 0 saturated carbocycles. The van der Waals surface area contributed by atoms with Crippen LogP contribution in [0, 0.1) is 5.92 Å². The summed E-state index contributed by atoms with van der Waals surface area (Å²) in [5.74, 6) is 1.63. The first-order valence-corrected chi connectivity index (χ1v) is 5.44. The van der Waals surface area contributed by atoms with Crippen LogP contribution in [0.1, 0.15) is 45.0 Å². The molecular formula is C12H20N2O. The van der Waals surface area contributed by atoms with Gasteiger partial charge in [0.05, 0.1) is 12.8 Å². The molecule has 0 amide bonds. The molecule has 1 rings (SSSR count). The van der Waals surface area contributed by atoms with E-state index in [1.54, 1.807) is 7.11 Å². The zero-order valence-corrected chi connectivity index (χ0v) is 10.2. The second kappa shape index (κ2) is 5.10. The largest absolute Gasteiger partial charge is 0.480 e. The van der Waals surface area contributed by atoms with E-state index in [4.69, 9.17) is 4.74 Å². The molecule has 0 aliphatic heterocycles. The quantitative estimate of drug-likeness (QED) is 0.763. The van der Waals surface area contributed by atoms with E-state index in [9.17, 15) is 0 Å². The van der Waals surface area contributed by atoms with E-state index in [1.807, 2.05) is 6.20 Å². The van der Waals surface area contributed by atoms with Gasteiger partial charge in [-0.3, -0.25) is 4.98 Å². The van der Waals surface area contributed by atoms with E-state index < -0.39 is 0 Å². The molecule has 0 fully saturated rings. The Kier molecular flexibility index (Phi) is 4.06. The summed E-state index contributed by atoms with van der Waals surface area (Å²) in [5, 5.41) is 0. The average Bonchev–Trinajstić information content (AvgIpc) is 2.17. The monoisotopic (exact) mass is 208 g/mol. The Balaban J connectivity index is 2.98. The lowest BCUT2D eigenvalue weighted by atomic mass is 10.1. The SMILES string of the molecule is COc1nc(C(C)C)cnc1CC(C)C. The Bertz CT molecular complexity index is 321. The minimum atomic E-state index is 0.388. The van der Waals surface area contributed by atoms with E-state index >= 15 is 0 Å². The van der Waals surface area contributed by atoms with Gasteiger partial charge in [-0.2, -0.15) is 0 Å². The second-order valence-electron chi connectivity index (χ2n) is 4.50. The molecule has 0 aromatic carbocycles. The number of ether oxygens (including phenoxy) is 1. The summed E-state index contributed by atoms with van der Waals surface area (Å²) >= 11 is 0. The molecule has 3 nitrogen and oxygen atoms in total. The first kappa shape index (κ1) is 12.0. The van der Waals surface area contributed by atoms with Crippen LogP contribution in [-0.2, 0) is 6.42 Å². The highest BCUT2D eigenvalue weighted by Crippen LogP contribution is 2.20. The standard InChI is InChI=1S/C12H20N2O/c1-8(2)6-10-12(15-5)14-11(7-13-10)9(3)4/h7-9H,6H2,1-5H3. The van der Waals surface area contributed by atoms with Gasteiger partial charge in [0.2, 0.25) is 5.88 Å². The fraction of sp³-hybridized carbons (Fsp3) is 0.667. The summed E-state index contributed by atoms with van der Waals surface area (Å²) in [6, 6.07) is 0. The highest BCUT2D eigenvalue weighted by atomic mass is 16.5. The minimum absolute atomic E-state index is 0.388.